The van der Waals surface area contributed by atoms with Crippen molar-refractivity contribution in [3.05, 3.63) is 35.0 Å². The Morgan fingerprint density at radius 1 is 0.846 bits per heavy atom. The van der Waals surface area contributed by atoms with Gasteiger partial charge in [0.05, 0.1) is 17.4 Å². The van der Waals surface area contributed by atoms with Gasteiger partial charge in [0.1, 0.15) is 11.6 Å². The number of hydrogen-bond donors (Lipinski definition) is 0. The first-order chi connectivity index (χ1) is 12.8. The molecular weight excluding hydrogens is 348 g/mol. The van der Waals surface area contributed by atoms with Gasteiger partial charge in [0.15, 0.2) is 0 Å². The quantitative estimate of drug-likeness (QED) is 0.822. The lowest BCUT2D eigenvalue weighted by atomic mass is 9.83. The van der Waals surface area contributed by atoms with Crippen molar-refractivity contribution in [2.24, 2.45) is 0 Å². The van der Waals surface area contributed by atoms with Gasteiger partial charge in [-0.15, -0.1) is 0 Å². The molecule has 136 valence electrons. The summed E-state index contributed by atoms with van der Waals surface area (Å²) in [7, 11) is 0. The molecule has 2 aromatic rings. The average molecular weight is 371 g/mol. The van der Waals surface area contributed by atoms with E-state index in [0.717, 1.165) is 43.8 Å². The minimum Gasteiger partial charge on any atom is -0.353 e. The van der Waals surface area contributed by atoms with Crippen molar-refractivity contribution in [2.45, 2.75) is 43.9 Å². The summed E-state index contributed by atoms with van der Waals surface area (Å²) in [5, 5.41) is 0.574. The number of aromatic nitrogens is 4. The van der Waals surface area contributed by atoms with Crippen LogP contribution in [0.4, 0.5) is 11.8 Å². The molecule has 0 unspecified atom stereocenters. The number of halogens is 1. The number of nitrogens with zero attached hydrogens (tertiary/aromatic N) is 6. The predicted octanol–water partition coefficient (Wildman–Crippen LogP) is 3.39. The third-order valence-corrected chi connectivity index (χ3v) is 5.90. The van der Waals surface area contributed by atoms with Crippen LogP contribution in [0.2, 0.25) is 5.02 Å². The number of hydrogen-bond acceptors (Lipinski definition) is 6. The van der Waals surface area contributed by atoms with Crippen LogP contribution in [0, 0.1) is 0 Å². The summed E-state index contributed by atoms with van der Waals surface area (Å²) in [5.74, 6) is 4.19. The van der Waals surface area contributed by atoms with E-state index in [1.807, 2.05) is 0 Å². The predicted molar refractivity (Wildman–Crippen MR) is 102 cm³/mol. The van der Waals surface area contributed by atoms with E-state index in [9.17, 15) is 0 Å². The van der Waals surface area contributed by atoms with E-state index in [2.05, 4.69) is 25.8 Å². The Morgan fingerprint density at radius 3 is 2.15 bits per heavy atom. The summed E-state index contributed by atoms with van der Waals surface area (Å²) in [4.78, 5) is 23.1. The smallest absolute Gasteiger partial charge is 0.225 e. The summed E-state index contributed by atoms with van der Waals surface area (Å²) in [5.41, 5.74) is 1.27. The van der Waals surface area contributed by atoms with Crippen LogP contribution in [0.25, 0.3) is 0 Å². The van der Waals surface area contributed by atoms with Crippen LogP contribution in [-0.4, -0.2) is 46.1 Å². The normalized spacial score (nSPS) is 21.0. The van der Waals surface area contributed by atoms with Crippen LogP contribution < -0.4 is 9.80 Å². The first-order valence-electron chi connectivity index (χ1n) is 9.62. The van der Waals surface area contributed by atoms with Crippen LogP contribution in [-0.2, 0) is 0 Å². The van der Waals surface area contributed by atoms with Crippen LogP contribution in [0.5, 0.6) is 0 Å². The molecule has 26 heavy (non-hydrogen) atoms. The summed E-state index contributed by atoms with van der Waals surface area (Å²) < 4.78 is 0. The molecule has 2 aliphatic carbocycles. The monoisotopic (exact) mass is 370 g/mol. The molecule has 3 aliphatic rings. The lowest BCUT2D eigenvalue weighted by Gasteiger charge is -2.36. The van der Waals surface area contributed by atoms with Gasteiger partial charge in [-0.1, -0.05) is 18.0 Å². The topological polar surface area (TPSA) is 58.0 Å². The van der Waals surface area contributed by atoms with Gasteiger partial charge in [-0.3, -0.25) is 0 Å². The summed E-state index contributed by atoms with van der Waals surface area (Å²) >= 11 is 5.89. The molecule has 7 heteroatoms. The molecule has 6 nitrogen and oxygen atoms in total. The molecule has 0 bridgehead atoms. The average Bonchev–Trinajstić information content (AvgIpc) is 3.46. The fourth-order valence-electron chi connectivity index (χ4n) is 3.68. The Kier molecular flexibility index (Phi) is 4.15. The minimum absolute atomic E-state index is 0.574. The zero-order chi connectivity index (χ0) is 17.5. The fourth-order valence-corrected chi connectivity index (χ4v) is 3.77. The Bertz CT molecular complexity index is 779. The Labute approximate surface area is 158 Å². The van der Waals surface area contributed by atoms with Crippen LogP contribution in [0.3, 0.4) is 0 Å². The molecular formula is C19H23ClN6. The third-order valence-electron chi connectivity index (χ3n) is 5.71. The molecule has 2 saturated carbocycles. The maximum Gasteiger partial charge on any atom is 0.225 e. The van der Waals surface area contributed by atoms with Crippen molar-refractivity contribution in [2.75, 3.05) is 36.0 Å². The van der Waals surface area contributed by atoms with Gasteiger partial charge < -0.3 is 9.80 Å². The number of piperazine rings is 1. The second-order valence-electron chi connectivity index (χ2n) is 7.59. The summed E-state index contributed by atoms with van der Waals surface area (Å²) in [6.45, 7) is 3.64. The molecule has 3 fully saturated rings. The third kappa shape index (κ3) is 3.22. The van der Waals surface area contributed by atoms with E-state index < -0.39 is 0 Å². The van der Waals surface area contributed by atoms with Crippen molar-refractivity contribution < 1.29 is 0 Å². The molecule has 0 radical (unpaired) electrons. The molecule has 1 aliphatic heterocycles. The van der Waals surface area contributed by atoms with Crippen molar-refractivity contribution in [1.82, 2.24) is 19.9 Å². The molecule has 0 aromatic carbocycles. The maximum atomic E-state index is 5.89. The van der Waals surface area contributed by atoms with Crippen LogP contribution in [0.15, 0.2) is 18.5 Å². The molecule has 3 heterocycles. The van der Waals surface area contributed by atoms with E-state index in [0.29, 0.717) is 16.9 Å². The van der Waals surface area contributed by atoms with E-state index in [-0.39, 0.29) is 0 Å². The molecule has 0 spiro atoms. The molecule has 5 rings (SSSR count). The highest BCUT2D eigenvalue weighted by Gasteiger charge is 2.31. The zero-order valence-electron chi connectivity index (χ0n) is 14.8. The first kappa shape index (κ1) is 16.2. The van der Waals surface area contributed by atoms with Crippen LogP contribution in [0.1, 0.15) is 55.5 Å². The van der Waals surface area contributed by atoms with E-state index in [1.165, 1.54) is 37.8 Å². The van der Waals surface area contributed by atoms with Gasteiger partial charge in [-0.2, -0.15) is 0 Å². The standard InChI is InChI=1S/C19H23ClN6/c20-15-11-21-19(22-12-15)26-8-6-25(7-9-26)17-10-16(13-2-1-3-13)23-18(24-17)14-4-5-14/h10-14H,1-9H2. The van der Waals surface area contributed by atoms with Crippen molar-refractivity contribution in [3.63, 3.8) is 0 Å². The second-order valence-corrected chi connectivity index (χ2v) is 8.02. The van der Waals surface area contributed by atoms with E-state index >= 15 is 0 Å². The van der Waals surface area contributed by atoms with E-state index in [1.54, 1.807) is 12.4 Å². The SMILES string of the molecule is Clc1cnc(N2CCN(c3cc(C4CCC4)nc(C4CC4)n3)CC2)nc1. The van der Waals surface area contributed by atoms with Crippen molar-refractivity contribution in [3.8, 4) is 0 Å². The van der Waals surface area contributed by atoms with Gasteiger partial charge in [-0.25, -0.2) is 19.9 Å². The highest BCUT2D eigenvalue weighted by atomic mass is 35.5. The van der Waals surface area contributed by atoms with Crippen molar-refractivity contribution in [1.29, 1.82) is 0 Å². The van der Waals surface area contributed by atoms with Gasteiger partial charge >= 0.3 is 0 Å². The molecule has 0 amide bonds. The van der Waals surface area contributed by atoms with Gasteiger partial charge in [0, 0.05) is 49.8 Å². The minimum atomic E-state index is 0.574. The van der Waals surface area contributed by atoms with Crippen molar-refractivity contribution >= 4 is 23.4 Å². The summed E-state index contributed by atoms with van der Waals surface area (Å²) in [6, 6.07) is 2.24. The number of anilines is 2. The number of rotatable bonds is 4. The molecule has 0 N–H and O–H groups in total. The fraction of sp³-hybridized carbons (Fsp3) is 0.579. The lowest BCUT2D eigenvalue weighted by molar-refractivity contribution is 0.409. The van der Waals surface area contributed by atoms with Gasteiger partial charge in [0.2, 0.25) is 5.95 Å². The molecule has 2 aromatic heterocycles. The Hall–Kier alpha value is -1.95. The summed E-state index contributed by atoms with van der Waals surface area (Å²) in [6.07, 6.45) is 9.71. The maximum absolute atomic E-state index is 5.89. The second kappa shape index (κ2) is 6.65. The van der Waals surface area contributed by atoms with Gasteiger partial charge in [0.25, 0.3) is 0 Å². The van der Waals surface area contributed by atoms with Gasteiger partial charge in [-0.05, 0) is 25.7 Å². The Morgan fingerprint density at radius 2 is 1.54 bits per heavy atom. The first-order valence-corrected chi connectivity index (χ1v) is 10.0. The van der Waals surface area contributed by atoms with E-state index in [4.69, 9.17) is 21.6 Å². The molecule has 1 saturated heterocycles. The Balaban J connectivity index is 1.32. The zero-order valence-corrected chi connectivity index (χ0v) is 15.6. The highest BCUT2D eigenvalue weighted by Crippen LogP contribution is 2.41. The highest BCUT2D eigenvalue weighted by molar-refractivity contribution is 6.30. The lowest BCUT2D eigenvalue weighted by Crippen LogP contribution is -2.47. The molecule has 0 atom stereocenters. The largest absolute Gasteiger partial charge is 0.353 e. The van der Waals surface area contributed by atoms with Crippen LogP contribution >= 0.6 is 11.6 Å².